The molecule has 0 radical (unpaired) electrons. The van der Waals surface area contributed by atoms with Gasteiger partial charge in [-0.25, -0.2) is 4.98 Å². The lowest BCUT2D eigenvalue weighted by molar-refractivity contribution is 0.0936. The van der Waals surface area contributed by atoms with Gasteiger partial charge in [-0.1, -0.05) is 26.0 Å². The van der Waals surface area contributed by atoms with E-state index in [4.69, 9.17) is 0 Å². The minimum absolute atomic E-state index is 0.0713. The van der Waals surface area contributed by atoms with Gasteiger partial charge in [0.25, 0.3) is 5.91 Å². The third kappa shape index (κ3) is 4.30. The van der Waals surface area contributed by atoms with Gasteiger partial charge < -0.3 is 5.32 Å². The Kier molecular flexibility index (Phi) is 5.36. The van der Waals surface area contributed by atoms with Crippen LogP contribution in [-0.4, -0.2) is 36.9 Å². The average Bonchev–Trinajstić information content (AvgIpc) is 3.14. The lowest BCUT2D eigenvalue weighted by atomic mass is 10.1. The number of nitrogens with one attached hydrogen (secondary N) is 1. The van der Waals surface area contributed by atoms with Crippen LogP contribution in [0.15, 0.2) is 49.1 Å². The molecule has 0 aliphatic heterocycles. The molecule has 3 aromatic rings. The average molecular weight is 350 g/mol. The van der Waals surface area contributed by atoms with E-state index in [-0.39, 0.29) is 11.9 Å². The molecular weight excluding hydrogens is 328 g/mol. The van der Waals surface area contributed by atoms with Crippen LogP contribution in [0.2, 0.25) is 0 Å². The maximum absolute atomic E-state index is 12.5. The van der Waals surface area contributed by atoms with E-state index in [1.165, 1.54) is 6.33 Å². The zero-order valence-corrected chi connectivity index (χ0v) is 15.1. The van der Waals surface area contributed by atoms with E-state index in [2.05, 4.69) is 39.4 Å². The fourth-order valence-electron chi connectivity index (χ4n) is 2.58. The molecule has 0 spiro atoms. The monoisotopic (exact) mass is 350 g/mol. The molecule has 1 aromatic carbocycles. The van der Waals surface area contributed by atoms with Crippen LogP contribution in [0, 0.1) is 0 Å². The quantitative estimate of drug-likeness (QED) is 0.739. The topological polar surface area (TPSA) is 85.6 Å². The lowest BCUT2D eigenvalue weighted by Crippen LogP contribution is -2.35. The van der Waals surface area contributed by atoms with Crippen molar-refractivity contribution in [3.05, 3.63) is 60.3 Å². The molecule has 0 aliphatic rings. The van der Waals surface area contributed by atoms with Gasteiger partial charge in [0.1, 0.15) is 12.7 Å². The SMILES string of the molecule is CC(Cn1cncn1)NC(=O)c1cccc(-c2ccc(C(C)C)nn2)c1. The number of nitrogens with zero attached hydrogens (tertiary/aromatic N) is 5. The molecule has 2 heterocycles. The summed E-state index contributed by atoms with van der Waals surface area (Å²) < 4.78 is 1.69. The van der Waals surface area contributed by atoms with Crippen molar-refractivity contribution in [2.45, 2.75) is 39.3 Å². The first kappa shape index (κ1) is 17.7. The minimum atomic E-state index is -0.133. The highest BCUT2D eigenvalue weighted by Gasteiger charge is 2.12. The van der Waals surface area contributed by atoms with Crippen LogP contribution in [0.25, 0.3) is 11.3 Å². The van der Waals surface area contributed by atoms with E-state index in [1.54, 1.807) is 17.1 Å². The number of aromatic nitrogens is 5. The Bertz CT molecular complexity index is 858. The minimum Gasteiger partial charge on any atom is -0.348 e. The first-order valence-electron chi connectivity index (χ1n) is 8.60. The van der Waals surface area contributed by atoms with Gasteiger partial charge in [0.05, 0.1) is 17.9 Å². The summed E-state index contributed by atoms with van der Waals surface area (Å²) in [5, 5.41) is 15.6. The summed E-state index contributed by atoms with van der Waals surface area (Å²) in [4.78, 5) is 16.4. The van der Waals surface area contributed by atoms with Gasteiger partial charge in [-0.05, 0) is 37.1 Å². The molecule has 0 aliphatic carbocycles. The van der Waals surface area contributed by atoms with Crippen LogP contribution < -0.4 is 5.32 Å². The van der Waals surface area contributed by atoms with E-state index in [1.807, 2.05) is 37.3 Å². The van der Waals surface area contributed by atoms with Crippen molar-refractivity contribution in [1.82, 2.24) is 30.3 Å². The molecule has 1 unspecified atom stereocenters. The number of carbonyl (C=O) groups excluding carboxylic acids is 1. The van der Waals surface area contributed by atoms with E-state index in [0.29, 0.717) is 18.0 Å². The van der Waals surface area contributed by atoms with Crippen LogP contribution >= 0.6 is 0 Å². The maximum Gasteiger partial charge on any atom is 0.251 e. The first-order valence-corrected chi connectivity index (χ1v) is 8.60. The fraction of sp³-hybridized carbons (Fsp3) is 0.316. The molecule has 7 heteroatoms. The number of amides is 1. The zero-order valence-electron chi connectivity index (χ0n) is 15.1. The largest absolute Gasteiger partial charge is 0.348 e. The number of hydrogen-bond donors (Lipinski definition) is 1. The van der Waals surface area contributed by atoms with Crippen LogP contribution in [0.3, 0.4) is 0 Å². The highest BCUT2D eigenvalue weighted by atomic mass is 16.1. The molecule has 26 heavy (non-hydrogen) atoms. The van der Waals surface area contributed by atoms with Crippen LogP contribution in [0.5, 0.6) is 0 Å². The van der Waals surface area contributed by atoms with Gasteiger partial charge in [-0.15, -0.1) is 0 Å². The molecule has 1 amide bonds. The Morgan fingerprint density at radius 2 is 2.00 bits per heavy atom. The lowest BCUT2D eigenvalue weighted by Gasteiger charge is -2.14. The summed E-state index contributed by atoms with van der Waals surface area (Å²) in [5.74, 6) is 0.200. The van der Waals surface area contributed by atoms with Crippen molar-refractivity contribution in [3.63, 3.8) is 0 Å². The van der Waals surface area contributed by atoms with Crippen molar-refractivity contribution in [2.75, 3.05) is 0 Å². The highest BCUT2D eigenvalue weighted by Crippen LogP contribution is 2.19. The summed E-state index contributed by atoms with van der Waals surface area (Å²) in [6, 6.07) is 11.2. The summed E-state index contributed by atoms with van der Waals surface area (Å²) in [7, 11) is 0. The first-order chi connectivity index (χ1) is 12.5. The third-order valence-corrected chi connectivity index (χ3v) is 4.00. The molecule has 0 saturated carbocycles. The van der Waals surface area contributed by atoms with Crippen molar-refractivity contribution in [2.24, 2.45) is 0 Å². The molecule has 1 atom stereocenters. The summed E-state index contributed by atoms with van der Waals surface area (Å²) in [5.41, 5.74) is 3.15. The highest BCUT2D eigenvalue weighted by molar-refractivity contribution is 5.95. The molecular formula is C19H22N6O. The Morgan fingerprint density at radius 3 is 2.65 bits per heavy atom. The smallest absolute Gasteiger partial charge is 0.251 e. The van der Waals surface area contributed by atoms with Crippen molar-refractivity contribution in [3.8, 4) is 11.3 Å². The Balaban J connectivity index is 1.70. The summed E-state index contributed by atoms with van der Waals surface area (Å²) >= 11 is 0. The molecule has 7 nitrogen and oxygen atoms in total. The molecule has 3 rings (SSSR count). The predicted molar refractivity (Wildman–Crippen MR) is 98.5 cm³/mol. The van der Waals surface area contributed by atoms with E-state index in [9.17, 15) is 4.79 Å². The Labute approximate surface area is 152 Å². The summed E-state index contributed by atoms with van der Waals surface area (Å²) in [6.07, 6.45) is 3.10. The normalized spacial score (nSPS) is 12.2. The second-order valence-corrected chi connectivity index (χ2v) is 6.57. The molecule has 2 aromatic heterocycles. The Hall–Kier alpha value is -3.09. The van der Waals surface area contributed by atoms with Crippen molar-refractivity contribution in [1.29, 1.82) is 0 Å². The fourth-order valence-corrected chi connectivity index (χ4v) is 2.58. The van der Waals surface area contributed by atoms with E-state index in [0.717, 1.165) is 17.0 Å². The van der Waals surface area contributed by atoms with Crippen LogP contribution in [0.1, 0.15) is 42.7 Å². The van der Waals surface area contributed by atoms with Gasteiger partial charge in [-0.2, -0.15) is 15.3 Å². The number of hydrogen-bond acceptors (Lipinski definition) is 5. The third-order valence-electron chi connectivity index (χ3n) is 4.00. The molecule has 0 saturated heterocycles. The molecule has 1 N–H and O–H groups in total. The molecule has 134 valence electrons. The van der Waals surface area contributed by atoms with Crippen molar-refractivity contribution >= 4 is 5.91 Å². The number of benzene rings is 1. The van der Waals surface area contributed by atoms with Gasteiger partial charge >= 0.3 is 0 Å². The zero-order chi connectivity index (χ0) is 18.5. The van der Waals surface area contributed by atoms with Gasteiger partial charge in [0, 0.05) is 17.2 Å². The van der Waals surface area contributed by atoms with Crippen LogP contribution in [-0.2, 0) is 6.54 Å². The Morgan fingerprint density at radius 1 is 1.15 bits per heavy atom. The standard InChI is InChI=1S/C19H22N6O/c1-13(2)17-7-8-18(24-23-17)15-5-4-6-16(9-15)19(26)22-14(3)10-25-12-20-11-21-25/h4-9,11-14H,10H2,1-3H3,(H,22,26). The number of carbonyl (C=O) groups is 1. The summed E-state index contributed by atoms with van der Waals surface area (Å²) in [6.45, 7) is 6.65. The molecule has 0 fully saturated rings. The van der Waals surface area contributed by atoms with E-state index >= 15 is 0 Å². The van der Waals surface area contributed by atoms with Gasteiger partial charge in [0.15, 0.2) is 0 Å². The van der Waals surface area contributed by atoms with Crippen molar-refractivity contribution < 1.29 is 4.79 Å². The van der Waals surface area contributed by atoms with Crippen LogP contribution in [0.4, 0.5) is 0 Å². The van der Waals surface area contributed by atoms with Gasteiger partial charge in [0.2, 0.25) is 0 Å². The van der Waals surface area contributed by atoms with Gasteiger partial charge in [-0.3, -0.25) is 9.48 Å². The molecule has 0 bridgehead atoms. The predicted octanol–water partition coefficient (Wildman–Crippen LogP) is 2.68. The second kappa shape index (κ2) is 7.86. The number of rotatable bonds is 6. The van der Waals surface area contributed by atoms with E-state index < -0.39 is 0 Å². The maximum atomic E-state index is 12.5. The second-order valence-electron chi connectivity index (χ2n) is 6.57.